The Morgan fingerprint density at radius 2 is 2.09 bits per heavy atom. The Hall–Kier alpha value is -1.64. The lowest BCUT2D eigenvalue weighted by Crippen LogP contribution is -2.33. The van der Waals surface area contributed by atoms with Gasteiger partial charge in [-0.05, 0) is 37.1 Å². The third kappa shape index (κ3) is 5.81. The molecule has 1 aliphatic rings. The summed E-state index contributed by atoms with van der Waals surface area (Å²) in [5.74, 6) is -0.330. The number of hydrogen-bond acceptors (Lipinski definition) is 6. The van der Waals surface area contributed by atoms with E-state index in [1.165, 1.54) is 19.2 Å². The van der Waals surface area contributed by atoms with Crippen LogP contribution in [0.25, 0.3) is 0 Å². The largest absolute Gasteiger partial charge is 0.491 e. The highest BCUT2D eigenvalue weighted by Crippen LogP contribution is 2.16. The Morgan fingerprint density at radius 3 is 2.70 bits per heavy atom. The van der Waals surface area contributed by atoms with Gasteiger partial charge in [-0.1, -0.05) is 0 Å². The Balaban J connectivity index is 1.86. The van der Waals surface area contributed by atoms with Crippen molar-refractivity contribution < 1.29 is 27.4 Å². The van der Waals surface area contributed by atoms with Crippen molar-refractivity contribution in [3.8, 4) is 5.75 Å². The molecule has 1 aromatic rings. The normalized spacial score (nSPS) is 17.9. The zero-order valence-electron chi connectivity index (χ0n) is 13.0. The Morgan fingerprint density at radius 1 is 1.35 bits per heavy atom. The average molecular weight is 343 g/mol. The Labute approximate surface area is 136 Å². The number of sulfonamides is 1. The van der Waals surface area contributed by atoms with E-state index in [2.05, 4.69) is 0 Å². The molecule has 0 radical (unpaired) electrons. The first-order chi connectivity index (χ1) is 11.0. The van der Waals surface area contributed by atoms with Crippen LogP contribution in [0.2, 0.25) is 0 Å². The monoisotopic (exact) mass is 343 g/mol. The van der Waals surface area contributed by atoms with Gasteiger partial charge in [-0.3, -0.25) is 4.79 Å². The molecule has 1 N–H and O–H groups in total. The van der Waals surface area contributed by atoms with Gasteiger partial charge in [0.1, 0.15) is 12.4 Å². The van der Waals surface area contributed by atoms with E-state index in [1.807, 2.05) is 4.72 Å². The molecule has 1 aliphatic heterocycles. The molecule has 23 heavy (non-hydrogen) atoms. The highest BCUT2D eigenvalue weighted by atomic mass is 32.2. The first-order valence-corrected chi connectivity index (χ1v) is 9.03. The van der Waals surface area contributed by atoms with Crippen molar-refractivity contribution in [2.45, 2.75) is 18.9 Å². The fourth-order valence-corrected chi connectivity index (χ4v) is 3.00. The maximum absolute atomic E-state index is 11.9. The molecule has 1 fully saturated rings. The van der Waals surface area contributed by atoms with Crippen LogP contribution in [-0.4, -0.2) is 53.1 Å². The highest BCUT2D eigenvalue weighted by molar-refractivity contribution is 7.90. The van der Waals surface area contributed by atoms with Gasteiger partial charge in [0, 0.05) is 19.3 Å². The zero-order chi connectivity index (χ0) is 16.7. The lowest BCUT2D eigenvalue weighted by atomic mass is 10.2. The van der Waals surface area contributed by atoms with Crippen molar-refractivity contribution in [3.05, 3.63) is 29.8 Å². The van der Waals surface area contributed by atoms with Gasteiger partial charge < -0.3 is 14.2 Å². The van der Waals surface area contributed by atoms with Gasteiger partial charge in [-0.15, -0.1) is 0 Å². The summed E-state index contributed by atoms with van der Waals surface area (Å²) < 4.78 is 41.0. The van der Waals surface area contributed by atoms with Gasteiger partial charge in [-0.25, -0.2) is 13.1 Å². The first kappa shape index (κ1) is 17.7. The maximum atomic E-state index is 11.9. The van der Waals surface area contributed by atoms with E-state index in [1.54, 1.807) is 12.1 Å². The van der Waals surface area contributed by atoms with Gasteiger partial charge >= 0.3 is 0 Å². The second-order valence-corrected chi connectivity index (χ2v) is 7.06. The van der Waals surface area contributed by atoms with E-state index >= 15 is 0 Å². The number of carbonyl (C=O) groups excluding carboxylic acids is 1. The molecule has 1 saturated heterocycles. The molecular formula is C15H21NO6S. The molecule has 7 nitrogen and oxygen atoms in total. The summed E-state index contributed by atoms with van der Waals surface area (Å²) in [6.07, 6.45) is 2.15. The van der Waals surface area contributed by atoms with Gasteiger partial charge in [0.15, 0.2) is 0 Å². The molecule has 1 unspecified atom stereocenters. The van der Waals surface area contributed by atoms with Gasteiger partial charge in [-0.2, -0.15) is 0 Å². The smallest absolute Gasteiger partial charge is 0.264 e. The van der Waals surface area contributed by atoms with Crippen LogP contribution < -0.4 is 9.46 Å². The summed E-state index contributed by atoms with van der Waals surface area (Å²) in [5, 5.41) is 0. The second kappa shape index (κ2) is 8.28. The van der Waals surface area contributed by atoms with Crippen LogP contribution >= 0.6 is 0 Å². The van der Waals surface area contributed by atoms with Crippen molar-refractivity contribution in [3.63, 3.8) is 0 Å². The second-order valence-electron chi connectivity index (χ2n) is 5.21. The maximum Gasteiger partial charge on any atom is 0.264 e. The van der Waals surface area contributed by atoms with E-state index in [9.17, 15) is 13.2 Å². The number of rotatable bonds is 8. The molecule has 0 aromatic heterocycles. The van der Waals surface area contributed by atoms with Crippen LogP contribution in [0.1, 0.15) is 23.2 Å². The number of methoxy groups -OCH3 is 1. The van der Waals surface area contributed by atoms with E-state index in [0.717, 1.165) is 19.4 Å². The minimum Gasteiger partial charge on any atom is -0.491 e. The molecule has 8 heteroatoms. The zero-order valence-corrected chi connectivity index (χ0v) is 13.8. The SMILES string of the molecule is COCCS(=O)(=O)NC(=O)c1ccc(OCC2CCCO2)cc1. The molecule has 0 spiro atoms. The quantitative estimate of drug-likeness (QED) is 0.756. The lowest BCUT2D eigenvalue weighted by molar-refractivity contribution is 0.0679. The standard InChI is InChI=1S/C15H21NO6S/c1-20-9-10-23(18,19)16-15(17)12-4-6-13(7-5-12)22-11-14-3-2-8-21-14/h4-7,14H,2-3,8-11H2,1H3,(H,16,17). The molecule has 1 heterocycles. The van der Waals surface area contributed by atoms with Crippen LogP contribution in [0.4, 0.5) is 0 Å². The predicted octanol–water partition coefficient (Wildman–Crippen LogP) is 0.950. The molecule has 0 saturated carbocycles. The molecule has 0 bridgehead atoms. The van der Waals surface area contributed by atoms with E-state index in [-0.39, 0.29) is 24.0 Å². The van der Waals surface area contributed by atoms with Crippen LogP contribution in [0, 0.1) is 0 Å². The fraction of sp³-hybridized carbons (Fsp3) is 0.533. The van der Waals surface area contributed by atoms with E-state index < -0.39 is 15.9 Å². The fourth-order valence-electron chi connectivity index (χ4n) is 2.11. The summed E-state index contributed by atoms with van der Waals surface area (Å²) >= 11 is 0. The molecule has 0 aliphatic carbocycles. The number of ether oxygens (including phenoxy) is 3. The molecule has 1 atom stereocenters. The van der Waals surface area contributed by atoms with Gasteiger partial charge in [0.2, 0.25) is 10.0 Å². The van der Waals surface area contributed by atoms with Crippen LogP contribution in [0.3, 0.4) is 0 Å². The Bertz CT molecular complexity index is 607. The molecule has 2 rings (SSSR count). The summed E-state index contributed by atoms with van der Waals surface area (Å²) in [5.41, 5.74) is 0.246. The Kier molecular flexibility index (Phi) is 6.37. The van der Waals surface area contributed by atoms with E-state index in [4.69, 9.17) is 14.2 Å². The summed E-state index contributed by atoms with van der Waals surface area (Å²) in [4.78, 5) is 11.9. The predicted molar refractivity (Wildman–Crippen MR) is 84.0 cm³/mol. The van der Waals surface area contributed by atoms with Crippen molar-refractivity contribution in [2.75, 3.05) is 32.7 Å². The summed E-state index contributed by atoms with van der Waals surface area (Å²) in [6, 6.07) is 6.30. The summed E-state index contributed by atoms with van der Waals surface area (Å²) in [7, 11) is -2.30. The average Bonchev–Trinajstić information content (AvgIpc) is 3.04. The van der Waals surface area contributed by atoms with E-state index in [0.29, 0.717) is 12.4 Å². The third-order valence-electron chi connectivity index (χ3n) is 3.38. The third-order valence-corrected chi connectivity index (χ3v) is 4.58. The topological polar surface area (TPSA) is 90.9 Å². The van der Waals surface area contributed by atoms with Crippen molar-refractivity contribution in [2.24, 2.45) is 0 Å². The first-order valence-electron chi connectivity index (χ1n) is 7.38. The molecular weight excluding hydrogens is 322 g/mol. The summed E-state index contributed by atoms with van der Waals surface area (Å²) in [6.45, 7) is 1.26. The van der Waals surface area contributed by atoms with Crippen molar-refractivity contribution in [1.82, 2.24) is 4.72 Å². The van der Waals surface area contributed by atoms with Crippen LogP contribution in [0.5, 0.6) is 5.75 Å². The van der Waals surface area contributed by atoms with Crippen molar-refractivity contribution in [1.29, 1.82) is 0 Å². The number of benzene rings is 1. The lowest BCUT2D eigenvalue weighted by Gasteiger charge is -2.12. The van der Waals surface area contributed by atoms with Crippen molar-refractivity contribution >= 4 is 15.9 Å². The minimum atomic E-state index is -3.69. The van der Waals surface area contributed by atoms with Crippen LogP contribution in [0.15, 0.2) is 24.3 Å². The molecule has 1 amide bonds. The van der Waals surface area contributed by atoms with Crippen LogP contribution in [-0.2, 0) is 19.5 Å². The van der Waals surface area contributed by atoms with Gasteiger partial charge in [0.25, 0.3) is 5.91 Å². The van der Waals surface area contributed by atoms with Gasteiger partial charge in [0.05, 0.1) is 18.5 Å². The number of hydrogen-bond donors (Lipinski definition) is 1. The number of nitrogens with one attached hydrogen (secondary N) is 1. The number of carbonyl (C=O) groups is 1. The molecule has 1 aromatic carbocycles. The highest BCUT2D eigenvalue weighted by Gasteiger charge is 2.17. The molecule has 128 valence electrons. The minimum absolute atomic E-state index is 0.0264. The number of amides is 1.